The average molecular weight is 460 g/mol. The van der Waals surface area contributed by atoms with E-state index < -0.39 is 11.9 Å². The normalized spacial score (nSPS) is 11.0. The van der Waals surface area contributed by atoms with Gasteiger partial charge in [0, 0.05) is 3.57 Å². The van der Waals surface area contributed by atoms with E-state index >= 15 is 0 Å². The summed E-state index contributed by atoms with van der Waals surface area (Å²) in [6.07, 6.45) is 3.65. The fourth-order valence-corrected chi connectivity index (χ4v) is 2.82. The van der Waals surface area contributed by atoms with Gasteiger partial charge in [0.25, 0.3) is 0 Å². The quantitative estimate of drug-likeness (QED) is 0.264. The second-order valence-electron chi connectivity index (χ2n) is 7.03. The van der Waals surface area contributed by atoms with Crippen molar-refractivity contribution in [3.05, 3.63) is 32.9 Å². The molecule has 1 aromatic carbocycles. The summed E-state index contributed by atoms with van der Waals surface area (Å²) in [5.41, 5.74) is 0.559. The highest BCUT2D eigenvalue weighted by Gasteiger charge is 2.20. The van der Waals surface area contributed by atoms with Crippen LogP contribution in [0, 0.1) is 15.4 Å². The van der Waals surface area contributed by atoms with Gasteiger partial charge in [0.15, 0.2) is 0 Å². The number of benzene rings is 1. The van der Waals surface area contributed by atoms with Crippen molar-refractivity contribution in [2.24, 2.45) is 11.8 Å². The Morgan fingerprint density at radius 1 is 0.880 bits per heavy atom. The Hall–Kier alpha value is -1.11. The Kier molecular flexibility index (Phi) is 10.1. The van der Waals surface area contributed by atoms with Crippen LogP contribution >= 0.6 is 22.6 Å². The van der Waals surface area contributed by atoms with Gasteiger partial charge in [0.1, 0.15) is 0 Å². The van der Waals surface area contributed by atoms with Crippen LogP contribution in [0.25, 0.3) is 0 Å². The maximum Gasteiger partial charge on any atom is 0.339 e. The predicted octanol–water partition coefficient (Wildman–Crippen LogP) is 5.48. The molecule has 0 heterocycles. The molecule has 0 aliphatic heterocycles. The fourth-order valence-electron chi connectivity index (χ4n) is 2.33. The van der Waals surface area contributed by atoms with Gasteiger partial charge < -0.3 is 9.47 Å². The van der Waals surface area contributed by atoms with Crippen molar-refractivity contribution in [3.63, 3.8) is 0 Å². The molecule has 5 heteroatoms. The zero-order valence-electron chi connectivity index (χ0n) is 15.6. The molecule has 0 spiro atoms. The smallest absolute Gasteiger partial charge is 0.339 e. The van der Waals surface area contributed by atoms with Crippen molar-refractivity contribution in [3.8, 4) is 0 Å². The third-order valence-electron chi connectivity index (χ3n) is 3.74. The van der Waals surface area contributed by atoms with Crippen molar-refractivity contribution in [2.45, 2.75) is 53.4 Å². The first-order valence-electron chi connectivity index (χ1n) is 8.95. The molecule has 0 aliphatic rings. The number of ether oxygens (including phenoxy) is 2. The Morgan fingerprint density at radius 2 is 1.36 bits per heavy atom. The van der Waals surface area contributed by atoms with Crippen LogP contribution in [-0.4, -0.2) is 25.2 Å². The van der Waals surface area contributed by atoms with Crippen LogP contribution in [0.2, 0.25) is 0 Å². The molecule has 0 N–H and O–H groups in total. The van der Waals surface area contributed by atoms with Gasteiger partial charge in [0.2, 0.25) is 0 Å². The number of hydrogen-bond donors (Lipinski definition) is 0. The van der Waals surface area contributed by atoms with Crippen LogP contribution in [0.15, 0.2) is 18.2 Å². The molecule has 0 bridgehead atoms. The first-order chi connectivity index (χ1) is 11.8. The molecule has 0 fully saturated rings. The summed E-state index contributed by atoms with van der Waals surface area (Å²) in [7, 11) is 0. The van der Waals surface area contributed by atoms with Crippen molar-refractivity contribution in [1.82, 2.24) is 0 Å². The molecular formula is C20H29IO4. The molecule has 0 saturated carbocycles. The van der Waals surface area contributed by atoms with Gasteiger partial charge >= 0.3 is 11.9 Å². The van der Waals surface area contributed by atoms with E-state index in [0.717, 1.165) is 29.3 Å². The minimum absolute atomic E-state index is 0.277. The third kappa shape index (κ3) is 8.70. The highest BCUT2D eigenvalue weighted by Crippen LogP contribution is 2.17. The number of carbonyl (C=O) groups excluding carboxylic acids is 2. The summed E-state index contributed by atoms with van der Waals surface area (Å²) in [5, 5.41) is 0. The fraction of sp³-hybridized carbons (Fsp3) is 0.600. The summed E-state index contributed by atoms with van der Waals surface area (Å²) >= 11 is 2.11. The lowest BCUT2D eigenvalue weighted by molar-refractivity contribution is 0.0447. The van der Waals surface area contributed by atoms with Crippen molar-refractivity contribution in [2.75, 3.05) is 13.2 Å². The molecule has 0 radical (unpaired) electrons. The van der Waals surface area contributed by atoms with Gasteiger partial charge in [-0.25, -0.2) is 9.59 Å². The van der Waals surface area contributed by atoms with Crippen LogP contribution in [0.1, 0.15) is 74.1 Å². The zero-order chi connectivity index (χ0) is 18.8. The minimum Gasteiger partial charge on any atom is -0.462 e. The second-order valence-corrected chi connectivity index (χ2v) is 8.28. The molecule has 4 nitrogen and oxygen atoms in total. The Morgan fingerprint density at radius 3 is 1.84 bits per heavy atom. The lowest BCUT2D eigenvalue weighted by atomic mass is 10.1. The molecule has 1 aromatic rings. The number of hydrogen-bond acceptors (Lipinski definition) is 4. The van der Waals surface area contributed by atoms with Gasteiger partial charge in [-0.05, 0) is 78.3 Å². The number of carbonyl (C=O) groups is 2. The van der Waals surface area contributed by atoms with Crippen molar-refractivity contribution < 1.29 is 19.1 Å². The molecule has 140 valence electrons. The molecule has 0 unspecified atom stereocenters. The van der Waals surface area contributed by atoms with Crippen LogP contribution in [0.4, 0.5) is 0 Å². The molecule has 0 aromatic heterocycles. The minimum atomic E-state index is -0.464. The summed E-state index contributed by atoms with van der Waals surface area (Å²) in [5.74, 6) is 0.229. The van der Waals surface area contributed by atoms with E-state index in [9.17, 15) is 9.59 Å². The Labute approximate surface area is 164 Å². The van der Waals surface area contributed by atoms with E-state index in [2.05, 4.69) is 50.3 Å². The molecule has 0 saturated heterocycles. The number of halogens is 1. The van der Waals surface area contributed by atoms with Crippen LogP contribution in [-0.2, 0) is 9.47 Å². The Balaban J connectivity index is 2.67. The molecule has 0 atom stereocenters. The number of esters is 2. The van der Waals surface area contributed by atoms with E-state index in [1.54, 1.807) is 18.2 Å². The van der Waals surface area contributed by atoms with Gasteiger partial charge in [-0.1, -0.05) is 27.7 Å². The van der Waals surface area contributed by atoms with Gasteiger partial charge in [0.05, 0.1) is 24.3 Å². The summed E-state index contributed by atoms with van der Waals surface area (Å²) in [6.45, 7) is 9.27. The third-order valence-corrected chi connectivity index (χ3v) is 4.41. The molecule has 0 amide bonds. The molecular weight excluding hydrogens is 431 g/mol. The second kappa shape index (κ2) is 11.5. The van der Waals surface area contributed by atoms with Crippen LogP contribution in [0.3, 0.4) is 0 Å². The van der Waals surface area contributed by atoms with Gasteiger partial charge in [-0.2, -0.15) is 0 Å². The van der Waals surface area contributed by atoms with Crippen molar-refractivity contribution >= 4 is 34.5 Å². The van der Waals surface area contributed by atoms with E-state index in [1.165, 1.54) is 0 Å². The summed E-state index contributed by atoms with van der Waals surface area (Å²) in [4.78, 5) is 24.7. The number of rotatable bonds is 10. The van der Waals surface area contributed by atoms with Crippen LogP contribution < -0.4 is 0 Å². The first kappa shape index (κ1) is 21.9. The van der Waals surface area contributed by atoms with E-state index in [-0.39, 0.29) is 11.1 Å². The first-order valence-corrected chi connectivity index (χ1v) is 10.0. The largest absolute Gasteiger partial charge is 0.462 e. The topological polar surface area (TPSA) is 52.6 Å². The van der Waals surface area contributed by atoms with Gasteiger partial charge in [-0.15, -0.1) is 0 Å². The zero-order valence-corrected chi connectivity index (χ0v) is 17.8. The highest BCUT2D eigenvalue weighted by molar-refractivity contribution is 14.1. The standard InChI is InChI=1S/C20H29IO4/c1-14(2)7-5-11-24-19(22)17-10-9-16(21)13-18(17)20(23)25-12-6-8-15(3)4/h9-10,13-15H,5-8,11-12H2,1-4H3. The van der Waals surface area contributed by atoms with Crippen molar-refractivity contribution in [1.29, 1.82) is 0 Å². The summed E-state index contributed by atoms with van der Waals surface area (Å²) in [6, 6.07) is 5.11. The lowest BCUT2D eigenvalue weighted by Crippen LogP contribution is -2.15. The maximum atomic E-state index is 12.4. The van der Waals surface area contributed by atoms with Crippen LogP contribution in [0.5, 0.6) is 0 Å². The molecule has 0 aliphatic carbocycles. The SMILES string of the molecule is CC(C)CCCOC(=O)c1ccc(I)cc1C(=O)OCCCC(C)C. The maximum absolute atomic E-state index is 12.4. The molecule has 1 rings (SSSR count). The van der Waals surface area contributed by atoms with E-state index in [1.807, 2.05) is 0 Å². The summed E-state index contributed by atoms with van der Waals surface area (Å²) < 4.78 is 11.5. The monoisotopic (exact) mass is 460 g/mol. The van der Waals surface area contributed by atoms with E-state index in [0.29, 0.717) is 25.0 Å². The van der Waals surface area contributed by atoms with E-state index in [4.69, 9.17) is 9.47 Å². The predicted molar refractivity (Wildman–Crippen MR) is 108 cm³/mol. The lowest BCUT2D eigenvalue weighted by Gasteiger charge is -2.11. The average Bonchev–Trinajstić information content (AvgIpc) is 2.54. The molecule has 25 heavy (non-hydrogen) atoms. The van der Waals surface area contributed by atoms with Gasteiger partial charge in [-0.3, -0.25) is 0 Å². The Bertz CT molecular complexity index is 567. The highest BCUT2D eigenvalue weighted by atomic mass is 127.